The number of aldehydes is 1. The fourth-order valence-corrected chi connectivity index (χ4v) is 1.97. The van der Waals surface area contributed by atoms with Crippen molar-refractivity contribution in [2.45, 2.75) is 0 Å². The van der Waals surface area contributed by atoms with E-state index in [9.17, 15) is 9.18 Å². The van der Waals surface area contributed by atoms with Crippen LogP contribution in [0.15, 0.2) is 58.2 Å². The Morgan fingerprint density at radius 3 is 2.83 bits per heavy atom. The van der Waals surface area contributed by atoms with Crippen molar-refractivity contribution >= 4 is 17.8 Å². The predicted octanol–water partition coefficient (Wildman–Crippen LogP) is 2.30. The third kappa shape index (κ3) is 1.62. The van der Waals surface area contributed by atoms with E-state index in [0.717, 1.165) is 6.29 Å². The summed E-state index contributed by atoms with van der Waals surface area (Å²) in [4.78, 5) is 19.5. The minimum Gasteiger partial charge on any atom is -0.302 e. The van der Waals surface area contributed by atoms with Gasteiger partial charge in [0.2, 0.25) is 0 Å². The molecule has 1 aromatic carbocycles. The zero-order chi connectivity index (χ0) is 12.5. The lowest BCUT2D eigenvalue weighted by Gasteiger charge is -2.08. The van der Waals surface area contributed by atoms with Crippen LogP contribution in [0.2, 0.25) is 0 Å². The average Bonchev–Trinajstić information content (AvgIpc) is 2.82. The number of amidine groups is 1. The van der Waals surface area contributed by atoms with Crippen LogP contribution in [0.3, 0.4) is 0 Å². The highest BCUT2D eigenvalue weighted by Gasteiger charge is 2.26. The number of halogens is 1. The van der Waals surface area contributed by atoms with E-state index in [1.165, 1.54) is 6.07 Å². The minimum absolute atomic E-state index is 0.324. The maximum absolute atomic E-state index is 13.6. The molecule has 88 valence electrons. The Labute approximate surface area is 103 Å². The molecular formula is C14H9FN2O. The van der Waals surface area contributed by atoms with Gasteiger partial charge in [0.05, 0.1) is 22.9 Å². The summed E-state index contributed by atoms with van der Waals surface area (Å²) in [7, 11) is 0. The Bertz CT molecular complexity index is 641. The summed E-state index contributed by atoms with van der Waals surface area (Å²) >= 11 is 0. The van der Waals surface area contributed by atoms with Gasteiger partial charge in [0, 0.05) is 0 Å². The smallest absolute Gasteiger partial charge is 0.163 e. The highest BCUT2D eigenvalue weighted by Crippen LogP contribution is 2.24. The topological polar surface area (TPSA) is 41.8 Å². The maximum Gasteiger partial charge on any atom is 0.163 e. The molecule has 1 aliphatic heterocycles. The average molecular weight is 240 g/mol. The van der Waals surface area contributed by atoms with Crippen molar-refractivity contribution in [2.24, 2.45) is 15.9 Å². The van der Waals surface area contributed by atoms with E-state index < -0.39 is 5.92 Å². The van der Waals surface area contributed by atoms with E-state index in [2.05, 4.69) is 9.98 Å². The first-order valence-electron chi connectivity index (χ1n) is 5.56. The van der Waals surface area contributed by atoms with Gasteiger partial charge in [-0.1, -0.05) is 24.3 Å². The van der Waals surface area contributed by atoms with Crippen molar-refractivity contribution in [1.82, 2.24) is 0 Å². The van der Waals surface area contributed by atoms with Crippen molar-refractivity contribution in [3.8, 4) is 0 Å². The molecule has 2 aliphatic rings. The quantitative estimate of drug-likeness (QED) is 0.731. The molecule has 0 radical (unpaired) electrons. The first kappa shape index (κ1) is 10.8. The monoisotopic (exact) mass is 240 g/mol. The van der Waals surface area contributed by atoms with Crippen molar-refractivity contribution in [3.05, 3.63) is 59.6 Å². The number of benzene rings is 1. The van der Waals surface area contributed by atoms with Crippen LogP contribution in [-0.4, -0.2) is 17.8 Å². The third-order valence-corrected chi connectivity index (χ3v) is 2.86. The molecule has 1 aliphatic carbocycles. The van der Waals surface area contributed by atoms with Crippen LogP contribution in [0.4, 0.5) is 4.39 Å². The number of carbonyl (C=O) groups is 1. The van der Waals surface area contributed by atoms with Gasteiger partial charge in [-0.2, -0.15) is 0 Å². The molecule has 1 unspecified atom stereocenters. The van der Waals surface area contributed by atoms with Gasteiger partial charge < -0.3 is 4.79 Å². The van der Waals surface area contributed by atoms with Crippen LogP contribution in [-0.2, 0) is 4.79 Å². The normalized spacial score (nSPS) is 20.9. The van der Waals surface area contributed by atoms with E-state index in [1.807, 2.05) is 0 Å². The molecule has 0 spiro atoms. The van der Waals surface area contributed by atoms with E-state index in [0.29, 0.717) is 22.8 Å². The zero-order valence-electron chi connectivity index (χ0n) is 9.38. The van der Waals surface area contributed by atoms with Crippen LogP contribution in [0, 0.1) is 11.7 Å². The zero-order valence-corrected chi connectivity index (χ0v) is 9.38. The van der Waals surface area contributed by atoms with E-state index in [1.54, 1.807) is 36.4 Å². The second-order valence-electron chi connectivity index (χ2n) is 4.01. The molecule has 1 aromatic rings. The second-order valence-corrected chi connectivity index (χ2v) is 4.01. The van der Waals surface area contributed by atoms with Crippen LogP contribution in [0.5, 0.6) is 0 Å². The van der Waals surface area contributed by atoms with Crippen LogP contribution in [0.25, 0.3) is 0 Å². The summed E-state index contributed by atoms with van der Waals surface area (Å²) in [5, 5.41) is 0. The van der Waals surface area contributed by atoms with Crippen molar-refractivity contribution < 1.29 is 9.18 Å². The standard InChI is InChI=1S/C14H9FN2O/c15-11-6-2-1-5-10(11)14-16-12-7-3-4-9(8-18)13(12)17-14/h1-9H. The van der Waals surface area contributed by atoms with Gasteiger partial charge in [-0.05, 0) is 18.2 Å². The van der Waals surface area contributed by atoms with E-state index in [-0.39, 0.29) is 5.82 Å². The molecule has 4 heteroatoms. The lowest BCUT2D eigenvalue weighted by molar-refractivity contribution is -0.108. The van der Waals surface area contributed by atoms with E-state index in [4.69, 9.17) is 0 Å². The molecule has 3 nitrogen and oxygen atoms in total. The van der Waals surface area contributed by atoms with E-state index >= 15 is 0 Å². The molecule has 0 fully saturated rings. The van der Waals surface area contributed by atoms with Crippen molar-refractivity contribution in [3.63, 3.8) is 0 Å². The molecule has 0 saturated heterocycles. The molecule has 0 aromatic heterocycles. The maximum atomic E-state index is 13.6. The molecule has 0 N–H and O–H groups in total. The summed E-state index contributed by atoms with van der Waals surface area (Å²) in [6, 6.07) is 6.33. The highest BCUT2D eigenvalue weighted by atomic mass is 19.1. The molecule has 1 heterocycles. The number of carbonyl (C=O) groups excluding carboxylic acids is 1. The molecular weight excluding hydrogens is 231 g/mol. The molecule has 0 amide bonds. The van der Waals surface area contributed by atoms with Gasteiger partial charge in [-0.3, -0.25) is 0 Å². The molecule has 3 rings (SSSR count). The summed E-state index contributed by atoms with van der Waals surface area (Å²) in [5.41, 5.74) is 1.57. The molecule has 0 saturated carbocycles. The fourth-order valence-electron chi connectivity index (χ4n) is 1.97. The SMILES string of the molecule is O=CC1C=CC=C2N=C(c3ccccc3F)N=C21. The number of aliphatic imine (C=N–C) groups is 2. The van der Waals surface area contributed by atoms with Gasteiger partial charge in [0.1, 0.15) is 12.1 Å². The summed E-state index contributed by atoms with van der Waals surface area (Å²) in [6.07, 6.45) is 6.09. The first-order valence-corrected chi connectivity index (χ1v) is 5.56. The number of hydrogen-bond acceptors (Lipinski definition) is 3. The van der Waals surface area contributed by atoms with Crippen LogP contribution in [0.1, 0.15) is 5.56 Å². The highest BCUT2D eigenvalue weighted by molar-refractivity contribution is 6.22. The van der Waals surface area contributed by atoms with Gasteiger partial charge in [0.15, 0.2) is 5.84 Å². The molecule has 0 bridgehead atoms. The van der Waals surface area contributed by atoms with Crippen molar-refractivity contribution in [2.75, 3.05) is 0 Å². The van der Waals surface area contributed by atoms with Crippen molar-refractivity contribution in [1.29, 1.82) is 0 Å². The Balaban J connectivity index is 2.06. The Morgan fingerprint density at radius 1 is 1.22 bits per heavy atom. The Hall–Kier alpha value is -2.36. The lowest BCUT2D eigenvalue weighted by Crippen LogP contribution is -2.15. The number of hydrogen-bond donors (Lipinski definition) is 0. The largest absolute Gasteiger partial charge is 0.302 e. The second kappa shape index (κ2) is 4.14. The summed E-state index contributed by atoms with van der Waals surface area (Å²) in [6.45, 7) is 0. The minimum atomic E-state index is -0.391. The number of fused-ring (bicyclic) bond motifs is 1. The van der Waals surface area contributed by atoms with Gasteiger partial charge in [-0.15, -0.1) is 0 Å². The third-order valence-electron chi connectivity index (χ3n) is 2.86. The number of allylic oxidation sites excluding steroid dienone is 4. The van der Waals surface area contributed by atoms with Gasteiger partial charge in [0.25, 0.3) is 0 Å². The Morgan fingerprint density at radius 2 is 2.06 bits per heavy atom. The molecule has 18 heavy (non-hydrogen) atoms. The van der Waals surface area contributed by atoms with Gasteiger partial charge >= 0.3 is 0 Å². The van der Waals surface area contributed by atoms with Gasteiger partial charge in [-0.25, -0.2) is 14.4 Å². The summed E-state index contributed by atoms with van der Waals surface area (Å²) < 4.78 is 13.6. The Kier molecular flexibility index (Phi) is 2.48. The lowest BCUT2D eigenvalue weighted by atomic mass is 9.98. The first-order chi connectivity index (χ1) is 8.79. The fraction of sp³-hybridized carbons (Fsp3) is 0.0714. The predicted molar refractivity (Wildman–Crippen MR) is 67.1 cm³/mol. The number of rotatable bonds is 2. The molecule has 1 atom stereocenters. The number of nitrogens with zero attached hydrogens (tertiary/aromatic N) is 2. The van der Waals surface area contributed by atoms with Crippen LogP contribution >= 0.6 is 0 Å². The summed E-state index contributed by atoms with van der Waals surface area (Å²) in [5.74, 6) is -0.432. The van der Waals surface area contributed by atoms with Crippen LogP contribution < -0.4 is 0 Å².